The van der Waals surface area contributed by atoms with Gasteiger partial charge in [0, 0.05) is 0 Å². The molecular formula is C20H11. The van der Waals surface area contributed by atoms with Crippen LogP contribution in [0.5, 0.6) is 0 Å². The Morgan fingerprint density at radius 1 is 0.550 bits per heavy atom. The topological polar surface area (TPSA) is 0 Å². The molecule has 91 valence electrons. The first-order valence-corrected chi connectivity index (χ1v) is 7.19. The van der Waals surface area contributed by atoms with Crippen molar-refractivity contribution in [3.63, 3.8) is 0 Å². The molecule has 20 heavy (non-hydrogen) atoms. The van der Waals surface area contributed by atoms with Crippen LogP contribution in [0.1, 0.15) is 11.1 Å². The maximum Gasteiger partial charge on any atom is -0.00141 e. The van der Waals surface area contributed by atoms with Gasteiger partial charge in [0.2, 0.25) is 0 Å². The summed E-state index contributed by atoms with van der Waals surface area (Å²) in [5.41, 5.74) is 5.90. The van der Waals surface area contributed by atoms with Gasteiger partial charge in [-0.05, 0) is 67.4 Å². The van der Waals surface area contributed by atoms with Gasteiger partial charge in [-0.15, -0.1) is 0 Å². The van der Waals surface area contributed by atoms with E-state index >= 15 is 0 Å². The first-order valence-electron chi connectivity index (χ1n) is 7.19. The van der Waals surface area contributed by atoms with Crippen molar-refractivity contribution in [2.75, 3.05) is 0 Å². The molecule has 0 unspecified atom stereocenters. The molecule has 0 heterocycles. The van der Waals surface area contributed by atoms with Crippen molar-refractivity contribution in [2.24, 2.45) is 0 Å². The number of hydrogen-bond donors (Lipinski definition) is 0. The van der Waals surface area contributed by atoms with Gasteiger partial charge >= 0.3 is 0 Å². The molecule has 0 nitrogen and oxygen atoms in total. The molecule has 0 heteroatoms. The van der Waals surface area contributed by atoms with E-state index in [2.05, 4.69) is 55.0 Å². The molecule has 0 fully saturated rings. The summed E-state index contributed by atoms with van der Waals surface area (Å²) in [4.78, 5) is 0. The van der Waals surface area contributed by atoms with E-state index in [-0.39, 0.29) is 0 Å². The lowest BCUT2D eigenvalue weighted by atomic mass is 9.85. The zero-order chi connectivity index (χ0) is 12.8. The molecule has 0 atom stereocenters. The summed E-state index contributed by atoms with van der Waals surface area (Å²) < 4.78 is 0. The zero-order valence-electron chi connectivity index (χ0n) is 10.9. The van der Waals surface area contributed by atoms with Gasteiger partial charge in [-0.3, -0.25) is 0 Å². The van der Waals surface area contributed by atoms with Crippen molar-refractivity contribution in [1.29, 1.82) is 0 Å². The lowest BCUT2D eigenvalue weighted by Crippen LogP contribution is -2.00. The van der Waals surface area contributed by atoms with Crippen LogP contribution in [0.3, 0.4) is 0 Å². The van der Waals surface area contributed by atoms with E-state index in [1.54, 1.807) is 0 Å². The minimum absolute atomic E-state index is 1.06. The van der Waals surface area contributed by atoms with Crippen LogP contribution in [0.15, 0.2) is 48.5 Å². The molecule has 0 saturated heterocycles. The van der Waals surface area contributed by atoms with E-state index < -0.39 is 0 Å². The van der Waals surface area contributed by atoms with Crippen LogP contribution in [-0.4, -0.2) is 0 Å². The second-order valence-electron chi connectivity index (χ2n) is 5.96. The summed E-state index contributed by atoms with van der Waals surface area (Å²) in [5.74, 6) is 0. The SMILES string of the molecule is [CH]1Cc2ccc3ccc4ccc5ccc1c1c5c4c3c2-1. The third-order valence-corrected chi connectivity index (χ3v) is 5.06. The molecule has 0 aromatic heterocycles. The first kappa shape index (κ1) is 9.55. The van der Waals surface area contributed by atoms with Crippen LogP contribution in [-0.2, 0) is 6.42 Å². The molecule has 6 rings (SSSR count). The van der Waals surface area contributed by atoms with Crippen molar-refractivity contribution in [3.8, 4) is 11.1 Å². The molecule has 1 radical (unpaired) electrons. The summed E-state index contributed by atoms with van der Waals surface area (Å²) in [6.07, 6.45) is 3.45. The van der Waals surface area contributed by atoms with Crippen LogP contribution in [0, 0.1) is 6.42 Å². The number of hydrogen-bond acceptors (Lipinski definition) is 0. The molecule has 2 aliphatic rings. The average Bonchev–Trinajstić information content (AvgIpc) is 2.88. The fourth-order valence-corrected chi connectivity index (χ4v) is 4.22. The molecule has 2 aliphatic carbocycles. The van der Waals surface area contributed by atoms with Gasteiger partial charge in [0.05, 0.1) is 0 Å². The summed E-state index contributed by atoms with van der Waals surface area (Å²) in [6.45, 7) is 0. The molecule has 0 bridgehead atoms. The summed E-state index contributed by atoms with van der Waals surface area (Å²) >= 11 is 0. The monoisotopic (exact) mass is 251 g/mol. The van der Waals surface area contributed by atoms with E-state index in [0.29, 0.717) is 0 Å². The van der Waals surface area contributed by atoms with Crippen LogP contribution in [0.25, 0.3) is 43.4 Å². The number of benzene rings is 4. The zero-order valence-corrected chi connectivity index (χ0v) is 10.9. The summed E-state index contributed by atoms with van der Waals surface area (Å²) in [6, 6.07) is 18.2. The molecule has 0 saturated carbocycles. The Hall–Kier alpha value is -2.34. The maximum absolute atomic E-state index is 2.38. The van der Waals surface area contributed by atoms with Gasteiger partial charge in [0.25, 0.3) is 0 Å². The van der Waals surface area contributed by atoms with Crippen molar-refractivity contribution >= 4 is 32.3 Å². The Bertz CT molecular complexity index is 999. The largest absolute Gasteiger partial charge is 0.0578 e. The fraction of sp³-hybridized carbons (Fsp3) is 0.0500. The normalized spacial score (nSPS) is 14.6. The fourth-order valence-electron chi connectivity index (χ4n) is 4.22. The van der Waals surface area contributed by atoms with Crippen LogP contribution in [0.4, 0.5) is 0 Å². The van der Waals surface area contributed by atoms with E-state index in [0.717, 1.165) is 6.42 Å². The van der Waals surface area contributed by atoms with Gasteiger partial charge in [-0.2, -0.15) is 0 Å². The smallest absolute Gasteiger partial charge is 0.00141 e. The summed E-state index contributed by atoms with van der Waals surface area (Å²) in [7, 11) is 0. The quantitative estimate of drug-likeness (QED) is 0.330. The second-order valence-corrected chi connectivity index (χ2v) is 5.96. The third-order valence-electron chi connectivity index (χ3n) is 5.06. The molecular weight excluding hydrogens is 240 g/mol. The Morgan fingerprint density at radius 3 is 1.95 bits per heavy atom. The van der Waals surface area contributed by atoms with E-state index in [1.165, 1.54) is 54.6 Å². The highest BCUT2D eigenvalue weighted by Gasteiger charge is 2.27. The van der Waals surface area contributed by atoms with Gasteiger partial charge in [0.15, 0.2) is 0 Å². The van der Waals surface area contributed by atoms with Gasteiger partial charge < -0.3 is 0 Å². The Labute approximate surface area is 116 Å². The Morgan fingerprint density at radius 2 is 1.15 bits per heavy atom. The van der Waals surface area contributed by atoms with Crippen molar-refractivity contribution in [1.82, 2.24) is 0 Å². The molecule has 4 aromatic carbocycles. The van der Waals surface area contributed by atoms with Gasteiger partial charge in [0.1, 0.15) is 0 Å². The van der Waals surface area contributed by atoms with Crippen molar-refractivity contribution < 1.29 is 0 Å². The first-order chi connectivity index (χ1) is 9.92. The van der Waals surface area contributed by atoms with Crippen LogP contribution in [0.2, 0.25) is 0 Å². The highest BCUT2D eigenvalue weighted by atomic mass is 14.3. The summed E-state index contributed by atoms with van der Waals surface area (Å²) in [5, 5.41) is 8.57. The Balaban J connectivity index is 2.13. The minimum atomic E-state index is 1.06. The minimum Gasteiger partial charge on any atom is -0.0578 e. The maximum atomic E-state index is 2.38. The molecule has 0 aliphatic heterocycles. The van der Waals surface area contributed by atoms with Gasteiger partial charge in [-0.25, -0.2) is 0 Å². The second kappa shape index (κ2) is 2.88. The molecule has 0 N–H and O–H groups in total. The van der Waals surface area contributed by atoms with Crippen LogP contribution < -0.4 is 0 Å². The number of rotatable bonds is 0. The predicted molar refractivity (Wildman–Crippen MR) is 85.1 cm³/mol. The van der Waals surface area contributed by atoms with E-state index in [4.69, 9.17) is 0 Å². The lowest BCUT2D eigenvalue weighted by Gasteiger charge is -2.19. The van der Waals surface area contributed by atoms with Crippen molar-refractivity contribution in [2.45, 2.75) is 6.42 Å². The average molecular weight is 251 g/mol. The van der Waals surface area contributed by atoms with Gasteiger partial charge in [-0.1, -0.05) is 48.5 Å². The standard InChI is InChI=1S/C20H11/c1-2-12-5-6-14-9-10-15-8-7-13-4-3-11(1)16-17(12)19(14)20(15)18(13)16/h1-9H,10H2. The van der Waals surface area contributed by atoms with E-state index in [1.807, 2.05) is 0 Å². The molecule has 4 aromatic rings. The van der Waals surface area contributed by atoms with E-state index in [9.17, 15) is 0 Å². The highest BCUT2D eigenvalue weighted by Crippen LogP contribution is 2.52. The molecule has 0 amide bonds. The lowest BCUT2D eigenvalue weighted by molar-refractivity contribution is 1.15. The third kappa shape index (κ3) is 0.857. The predicted octanol–water partition coefficient (Wildman–Crippen LogP) is 5.24. The van der Waals surface area contributed by atoms with Crippen molar-refractivity contribution in [3.05, 3.63) is 66.1 Å². The Kier molecular flexibility index (Phi) is 1.37. The highest BCUT2D eigenvalue weighted by molar-refractivity contribution is 6.34. The van der Waals surface area contributed by atoms with Crippen LogP contribution >= 0.6 is 0 Å². The molecule has 0 spiro atoms.